The molecule has 0 spiro atoms. The number of unbranched alkanes of at least 4 members (excludes halogenated alkanes) is 2. The third kappa shape index (κ3) is 7.62. The summed E-state index contributed by atoms with van der Waals surface area (Å²) in [7, 11) is 0. The Kier molecular flexibility index (Phi) is 13.7. The van der Waals surface area contributed by atoms with E-state index in [0.717, 1.165) is 63.0 Å². The largest absolute Gasteiger partial charge is 0.398 e. The van der Waals surface area contributed by atoms with Crippen molar-refractivity contribution in [2.24, 2.45) is 5.92 Å². The molecule has 39 heavy (non-hydrogen) atoms. The third-order valence-corrected chi connectivity index (χ3v) is 8.03. The van der Waals surface area contributed by atoms with Gasteiger partial charge < -0.3 is 11.1 Å². The first-order valence-electron chi connectivity index (χ1n) is 14.6. The van der Waals surface area contributed by atoms with E-state index in [1.807, 2.05) is 42.5 Å². The highest BCUT2D eigenvalue weighted by molar-refractivity contribution is 6.04. The average Bonchev–Trinajstić information content (AvgIpc) is 2.87. The van der Waals surface area contributed by atoms with E-state index in [1.54, 1.807) is 6.92 Å². The SMILES string of the molecule is CCCC[N+](C(C)=O)(c1ccc(C(=O)Nc2ccc(CC(C)C)c(N)c2)cc1)[N+](CC)(CCCC)C(C)C.Cl. The molecule has 2 amide bonds. The summed E-state index contributed by atoms with van der Waals surface area (Å²) < 4.78 is 0.953. The second-order valence-corrected chi connectivity index (χ2v) is 11.4. The summed E-state index contributed by atoms with van der Waals surface area (Å²) in [4.78, 5) is 26.8. The van der Waals surface area contributed by atoms with Gasteiger partial charge in [0.1, 0.15) is 25.7 Å². The van der Waals surface area contributed by atoms with Crippen LogP contribution < -0.4 is 15.6 Å². The van der Waals surface area contributed by atoms with Crippen molar-refractivity contribution in [2.75, 3.05) is 30.7 Å². The second-order valence-electron chi connectivity index (χ2n) is 11.4. The molecule has 2 atom stereocenters. The highest BCUT2D eigenvalue weighted by Gasteiger charge is 2.56. The first kappa shape index (κ1) is 34.6. The van der Waals surface area contributed by atoms with Gasteiger partial charge in [0, 0.05) is 41.9 Å². The molecule has 0 fully saturated rings. The number of carbonyl (C=O) groups excluding carboxylic acids is 2. The minimum atomic E-state index is -0.187. The zero-order valence-electron chi connectivity index (χ0n) is 25.5. The lowest BCUT2D eigenvalue weighted by molar-refractivity contribution is -1.03. The molecule has 2 rings (SSSR count). The molecule has 7 heteroatoms. The zero-order chi connectivity index (χ0) is 28.5. The van der Waals surface area contributed by atoms with Crippen molar-refractivity contribution in [1.29, 1.82) is 0 Å². The molecule has 0 saturated carbocycles. The maximum atomic E-state index is 13.7. The molecule has 0 aromatic heterocycles. The summed E-state index contributed by atoms with van der Waals surface area (Å²) >= 11 is 0. The molecule has 0 saturated heterocycles. The number of anilines is 2. The van der Waals surface area contributed by atoms with Crippen molar-refractivity contribution in [3.63, 3.8) is 0 Å². The van der Waals surface area contributed by atoms with E-state index < -0.39 is 0 Å². The molecular weight excluding hydrogens is 508 g/mol. The second kappa shape index (κ2) is 15.4. The van der Waals surface area contributed by atoms with Gasteiger partial charge in [-0.1, -0.05) is 51.2 Å². The van der Waals surface area contributed by atoms with Gasteiger partial charge in [-0.15, -0.1) is 12.4 Å². The molecule has 3 N–H and O–H groups in total. The minimum absolute atomic E-state index is 0. The Hall–Kier alpha value is -2.41. The Labute approximate surface area is 243 Å². The Morgan fingerprint density at radius 2 is 1.49 bits per heavy atom. The van der Waals surface area contributed by atoms with E-state index >= 15 is 0 Å². The van der Waals surface area contributed by atoms with Crippen LogP contribution in [0.1, 0.15) is 97.0 Å². The highest BCUT2D eigenvalue weighted by atomic mass is 35.5. The van der Waals surface area contributed by atoms with Crippen molar-refractivity contribution in [1.82, 2.24) is 4.59 Å². The number of nitrogens with two attached hydrogens (primary N) is 1. The number of benzene rings is 2. The van der Waals surface area contributed by atoms with E-state index in [4.69, 9.17) is 5.73 Å². The molecule has 0 radical (unpaired) electrons. The first-order valence-corrected chi connectivity index (χ1v) is 14.6. The molecule has 0 aliphatic rings. The normalized spacial score (nSPS) is 14.4. The third-order valence-electron chi connectivity index (χ3n) is 8.03. The van der Waals surface area contributed by atoms with Crippen molar-refractivity contribution in [3.8, 4) is 0 Å². The van der Waals surface area contributed by atoms with E-state index in [2.05, 4.69) is 53.8 Å². The minimum Gasteiger partial charge on any atom is -0.398 e. The fraction of sp³-hybridized carbons (Fsp3) is 0.562. The lowest BCUT2D eigenvalue weighted by atomic mass is 10.0. The molecule has 2 aromatic carbocycles. The van der Waals surface area contributed by atoms with Crippen LogP contribution >= 0.6 is 12.4 Å². The summed E-state index contributed by atoms with van der Waals surface area (Å²) in [6.07, 6.45) is 5.02. The van der Waals surface area contributed by atoms with Crippen LogP contribution in [0, 0.1) is 5.92 Å². The van der Waals surface area contributed by atoms with Gasteiger partial charge in [-0.05, 0) is 62.9 Å². The average molecular weight is 561 g/mol. The van der Waals surface area contributed by atoms with Crippen LogP contribution in [0.15, 0.2) is 42.5 Å². The molecule has 218 valence electrons. The summed E-state index contributed by atoms with van der Waals surface area (Å²) in [6.45, 7) is 19.7. The number of halogens is 1. The summed E-state index contributed by atoms with van der Waals surface area (Å²) in [5, 5.41) is 2.99. The number of hydrogen-bond acceptors (Lipinski definition) is 3. The molecule has 0 aliphatic heterocycles. The lowest BCUT2D eigenvalue weighted by Gasteiger charge is -2.53. The first-order chi connectivity index (χ1) is 18.0. The molecule has 0 aliphatic carbocycles. The van der Waals surface area contributed by atoms with Crippen LogP contribution in [0.2, 0.25) is 0 Å². The zero-order valence-corrected chi connectivity index (χ0v) is 26.4. The number of rotatable bonds is 14. The smallest absolute Gasteiger partial charge is 0.362 e. The van der Waals surface area contributed by atoms with Crippen LogP contribution in [0.25, 0.3) is 0 Å². The van der Waals surface area contributed by atoms with Gasteiger partial charge >= 0.3 is 5.91 Å². The standard InChI is InChI=1S/C32H51N4O2.ClH/c1-9-12-20-35(11-3,25(6)7)36(26(8)37,21-13-10-2)30-18-15-27(16-19-30)32(38)34-29-17-14-28(22-24(4)5)31(33)23-29;/h14-19,23-25H,9-13,20-22,33H2,1-8H3;1H/q+1;/p+1. The summed E-state index contributed by atoms with van der Waals surface area (Å²) in [5.74, 6) is 0.476. The number of nitrogens with one attached hydrogen (secondary N) is 1. The Balaban J connectivity index is 0.00000760. The Bertz CT molecular complexity index is 1070. The van der Waals surface area contributed by atoms with Crippen molar-refractivity contribution < 1.29 is 14.2 Å². The van der Waals surface area contributed by atoms with E-state index in [-0.39, 0.29) is 34.9 Å². The van der Waals surface area contributed by atoms with E-state index in [0.29, 0.717) is 27.4 Å². The van der Waals surface area contributed by atoms with Gasteiger partial charge in [-0.2, -0.15) is 4.59 Å². The van der Waals surface area contributed by atoms with Crippen molar-refractivity contribution in [2.45, 2.75) is 93.5 Å². The molecule has 6 nitrogen and oxygen atoms in total. The molecule has 0 heterocycles. The maximum Gasteiger partial charge on any atom is 0.362 e. The predicted octanol–water partition coefficient (Wildman–Crippen LogP) is 7.76. The Morgan fingerprint density at radius 3 is 1.95 bits per heavy atom. The van der Waals surface area contributed by atoms with Crippen LogP contribution in [-0.2, 0) is 11.2 Å². The fourth-order valence-electron chi connectivity index (χ4n) is 5.95. The highest BCUT2D eigenvalue weighted by Crippen LogP contribution is 2.37. The van der Waals surface area contributed by atoms with Gasteiger partial charge in [-0.25, -0.2) is 4.79 Å². The Morgan fingerprint density at radius 1 is 0.897 bits per heavy atom. The maximum absolute atomic E-state index is 13.7. The van der Waals surface area contributed by atoms with Crippen LogP contribution in [0.4, 0.5) is 17.1 Å². The lowest BCUT2D eigenvalue weighted by Crippen LogP contribution is -2.79. The number of hydrogen-bond donors (Lipinski definition) is 2. The van der Waals surface area contributed by atoms with Crippen molar-refractivity contribution >= 4 is 41.3 Å². The van der Waals surface area contributed by atoms with E-state index in [9.17, 15) is 9.59 Å². The quantitative estimate of drug-likeness (QED) is 0.141. The van der Waals surface area contributed by atoms with Gasteiger partial charge in [-0.3, -0.25) is 4.79 Å². The number of nitrogens with zero attached hydrogens (tertiary/aromatic N) is 2. The molecule has 2 aromatic rings. The monoisotopic (exact) mass is 560 g/mol. The van der Waals surface area contributed by atoms with Gasteiger partial charge in [0.25, 0.3) is 5.91 Å². The summed E-state index contributed by atoms with van der Waals surface area (Å²) in [5.41, 5.74) is 10.2. The van der Waals surface area contributed by atoms with Crippen LogP contribution in [0.3, 0.4) is 0 Å². The fourth-order valence-corrected chi connectivity index (χ4v) is 5.95. The molecule has 0 bridgehead atoms. The number of amides is 2. The van der Waals surface area contributed by atoms with Gasteiger partial charge in [0.05, 0.1) is 6.92 Å². The van der Waals surface area contributed by atoms with Crippen LogP contribution in [0.5, 0.6) is 0 Å². The number of carbonyl (C=O) groups is 2. The van der Waals surface area contributed by atoms with E-state index in [1.165, 1.54) is 0 Å². The number of nitrogen functional groups attached to an aromatic ring is 1. The van der Waals surface area contributed by atoms with Crippen molar-refractivity contribution in [3.05, 3.63) is 53.6 Å². The van der Waals surface area contributed by atoms with Gasteiger partial charge in [0.15, 0.2) is 5.69 Å². The molecular formula is C32H53ClN4O2+2. The molecule has 2 unspecified atom stereocenters. The summed E-state index contributed by atoms with van der Waals surface area (Å²) in [6, 6.07) is 13.7. The topological polar surface area (TPSA) is 72.2 Å². The number of quaternary nitrogens is 2. The predicted molar refractivity (Wildman–Crippen MR) is 169 cm³/mol. The van der Waals surface area contributed by atoms with Crippen LogP contribution in [-0.4, -0.2) is 42.1 Å². The van der Waals surface area contributed by atoms with Gasteiger partial charge in [0.2, 0.25) is 0 Å².